The summed E-state index contributed by atoms with van der Waals surface area (Å²) < 4.78 is 0. The molecule has 0 aliphatic heterocycles. The molecular weight excluding hydrogens is 735 g/mol. The fraction of sp³-hybridized carbons (Fsp3) is 0. The zero-order chi connectivity index (χ0) is 40.8. The summed E-state index contributed by atoms with van der Waals surface area (Å²) >= 11 is 0. The maximum absolute atomic E-state index is 2.39. The van der Waals surface area contributed by atoms with Gasteiger partial charge in [-0.1, -0.05) is 218 Å². The lowest BCUT2D eigenvalue weighted by Gasteiger charge is -2.27. The number of anilines is 3. The number of hydrogen-bond donors (Lipinski definition) is 0. The van der Waals surface area contributed by atoms with Crippen LogP contribution in [0.15, 0.2) is 261 Å². The number of benzene rings is 10. The van der Waals surface area contributed by atoms with E-state index in [1.54, 1.807) is 0 Å². The Morgan fingerprint density at radius 3 is 0.885 bits per heavy atom. The van der Waals surface area contributed by atoms with E-state index in [1.807, 2.05) is 0 Å². The molecule has 0 N–H and O–H groups in total. The molecule has 0 radical (unpaired) electrons. The first-order valence-corrected chi connectivity index (χ1v) is 20.9. The van der Waals surface area contributed by atoms with E-state index in [4.69, 9.17) is 0 Å². The Bertz CT molecular complexity index is 2940. The molecule has 0 heterocycles. The largest absolute Gasteiger partial charge is 0.310 e. The molecule has 0 saturated heterocycles. The fourth-order valence-corrected chi connectivity index (χ4v) is 8.43. The summed E-state index contributed by atoms with van der Waals surface area (Å²) in [7, 11) is 0. The molecule has 0 unspecified atom stereocenters. The van der Waals surface area contributed by atoms with E-state index in [1.165, 1.54) is 72.3 Å². The van der Waals surface area contributed by atoms with Crippen LogP contribution in [0.3, 0.4) is 0 Å². The highest BCUT2D eigenvalue weighted by Gasteiger charge is 2.18. The van der Waals surface area contributed by atoms with Crippen LogP contribution in [-0.2, 0) is 0 Å². The van der Waals surface area contributed by atoms with Gasteiger partial charge < -0.3 is 4.90 Å². The van der Waals surface area contributed by atoms with Gasteiger partial charge in [0.1, 0.15) is 0 Å². The van der Waals surface area contributed by atoms with Gasteiger partial charge >= 0.3 is 0 Å². The van der Waals surface area contributed by atoms with E-state index < -0.39 is 0 Å². The van der Waals surface area contributed by atoms with Crippen molar-refractivity contribution in [3.05, 3.63) is 261 Å². The van der Waals surface area contributed by atoms with Crippen LogP contribution < -0.4 is 4.90 Å². The van der Waals surface area contributed by atoms with Crippen molar-refractivity contribution >= 4 is 17.1 Å². The molecule has 0 spiro atoms. The molecular formula is C60H43N. The van der Waals surface area contributed by atoms with Crippen LogP contribution in [0.25, 0.3) is 77.9 Å². The van der Waals surface area contributed by atoms with E-state index in [-0.39, 0.29) is 0 Å². The first kappa shape index (κ1) is 37.3. The van der Waals surface area contributed by atoms with Crippen LogP contribution in [0.5, 0.6) is 0 Å². The van der Waals surface area contributed by atoms with Gasteiger partial charge in [0.15, 0.2) is 0 Å². The van der Waals surface area contributed by atoms with Crippen LogP contribution in [0.2, 0.25) is 0 Å². The third-order valence-corrected chi connectivity index (χ3v) is 11.5. The van der Waals surface area contributed by atoms with Crippen LogP contribution in [0.1, 0.15) is 0 Å². The van der Waals surface area contributed by atoms with Gasteiger partial charge in [-0.2, -0.15) is 0 Å². The molecule has 288 valence electrons. The Balaban J connectivity index is 1.09. The average Bonchev–Trinajstić information content (AvgIpc) is 3.35. The van der Waals surface area contributed by atoms with E-state index in [9.17, 15) is 0 Å². The average molecular weight is 778 g/mol. The second-order valence-electron chi connectivity index (χ2n) is 15.3. The lowest BCUT2D eigenvalue weighted by atomic mass is 9.87. The van der Waals surface area contributed by atoms with Gasteiger partial charge in [0, 0.05) is 17.1 Å². The smallest absolute Gasteiger partial charge is 0.0473 e. The van der Waals surface area contributed by atoms with Gasteiger partial charge in [-0.05, 0) is 120 Å². The molecule has 0 saturated carbocycles. The monoisotopic (exact) mass is 777 g/mol. The van der Waals surface area contributed by atoms with Crippen molar-refractivity contribution in [2.24, 2.45) is 0 Å². The van der Waals surface area contributed by atoms with E-state index >= 15 is 0 Å². The zero-order valence-electron chi connectivity index (χ0n) is 33.8. The normalized spacial score (nSPS) is 11.0. The predicted octanol–water partition coefficient (Wildman–Crippen LogP) is 16.8. The molecule has 10 aromatic rings. The molecule has 0 bridgehead atoms. The predicted molar refractivity (Wildman–Crippen MR) is 259 cm³/mol. The van der Waals surface area contributed by atoms with Crippen molar-refractivity contribution in [1.82, 2.24) is 0 Å². The fourth-order valence-electron chi connectivity index (χ4n) is 8.43. The van der Waals surface area contributed by atoms with Gasteiger partial charge in [-0.3, -0.25) is 0 Å². The summed E-state index contributed by atoms with van der Waals surface area (Å²) in [6, 6.07) is 94.0. The molecule has 0 fully saturated rings. The molecule has 1 heteroatoms. The minimum Gasteiger partial charge on any atom is -0.310 e. The highest BCUT2D eigenvalue weighted by Crippen LogP contribution is 2.43. The standard InChI is InChI=1S/C60H43N/c1-6-17-44(18-7-1)47-29-31-48(32-30-47)49-33-37-55(38-34-49)61(57-42-53(45-19-8-2-9-20-45)41-54(43-57)46-21-10-3-11-22-46)56-39-35-51(36-40-56)59-28-16-27-58(50-23-12-4-13-24-50)60(59)52-25-14-5-15-26-52/h1-43H. The van der Waals surface area contributed by atoms with Gasteiger partial charge in [0.2, 0.25) is 0 Å². The molecule has 61 heavy (non-hydrogen) atoms. The topological polar surface area (TPSA) is 3.24 Å². The van der Waals surface area contributed by atoms with E-state index in [2.05, 4.69) is 266 Å². The van der Waals surface area contributed by atoms with Crippen molar-refractivity contribution in [1.29, 1.82) is 0 Å². The summed E-state index contributed by atoms with van der Waals surface area (Å²) in [5.74, 6) is 0. The molecule has 0 aromatic heterocycles. The van der Waals surface area contributed by atoms with Crippen molar-refractivity contribution in [2.45, 2.75) is 0 Å². The molecule has 10 rings (SSSR count). The summed E-state index contributed by atoms with van der Waals surface area (Å²) in [6.45, 7) is 0. The van der Waals surface area contributed by atoms with E-state index in [0.29, 0.717) is 0 Å². The first-order valence-electron chi connectivity index (χ1n) is 20.9. The quantitative estimate of drug-likeness (QED) is 0.134. The Labute approximate surface area is 359 Å². The summed E-state index contributed by atoms with van der Waals surface area (Å²) in [5.41, 5.74) is 19.9. The molecule has 10 aromatic carbocycles. The maximum Gasteiger partial charge on any atom is 0.0473 e. The van der Waals surface area contributed by atoms with Gasteiger partial charge in [-0.15, -0.1) is 0 Å². The van der Waals surface area contributed by atoms with Crippen LogP contribution in [-0.4, -0.2) is 0 Å². The van der Waals surface area contributed by atoms with Gasteiger partial charge in [0.25, 0.3) is 0 Å². The Morgan fingerprint density at radius 2 is 0.475 bits per heavy atom. The maximum atomic E-state index is 2.39. The van der Waals surface area contributed by atoms with Crippen molar-refractivity contribution in [2.75, 3.05) is 4.90 Å². The Hall–Kier alpha value is -8.00. The summed E-state index contributed by atoms with van der Waals surface area (Å²) in [4.78, 5) is 2.39. The second kappa shape index (κ2) is 17.1. The van der Waals surface area contributed by atoms with Crippen LogP contribution in [0, 0.1) is 0 Å². The second-order valence-corrected chi connectivity index (χ2v) is 15.3. The van der Waals surface area contributed by atoms with Gasteiger partial charge in [-0.25, -0.2) is 0 Å². The lowest BCUT2D eigenvalue weighted by molar-refractivity contribution is 1.28. The molecule has 0 aliphatic rings. The molecule has 0 atom stereocenters. The number of rotatable bonds is 10. The third-order valence-electron chi connectivity index (χ3n) is 11.5. The summed E-state index contributed by atoms with van der Waals surface area (Å²) in [5, 5.41) is 0. The zero-order valence-corrected chi connectivity index (χ0v) is 33.8. The van der Waals surface area contributed by atoms with Crippen molar-refractivity contribution < 1.29 is 0 Å². The van der Waals surface area contributed by atoms with Crippen LogP contribution >= 0.6 is 0 Å². The lowest BCUT2D eigenvalue weighted by Crippen LogP contribution is -2.10. The highest BCUT2D eigenvalue weighted by atomic mass is 15.1. The highest BCUT2D eigenvalue weighted by molar-refractivity contribution is 5.95. The van der Waals surface area contributed by atoms with Crippen molar-refractivity contribution in [3.63, 3.8) is 0 Å². The number of nitrogens with zero attached hydrogens (tertiary/aromatic N) is 1. The van der Waals surface area contributed by atoms with Crippen molar-refractivity contribution in [3.8, 4) is 77.9 Å². The number of hydrogen-bond acceptors (Lipinski definition) is 1. The minimum absolute atomic E-state index is 1.08. The van der Waals surface area contributed by atoms with Gasteiger partial charge in [0.05, 0.1) is 0 Å². The minimum atomic E-state index is 1.08. The Morgan fingerprint density at radius 1 is 0.180 bits per heavy atom. The third kappa shape index (κ3) is 7.93. The molecule has 0 aliphatic carbocycles. The molecule has 1 nitrogen and oxygen atoms in total. The first-order chi connectivity index (χ1) is 30.2. The van der Waals surface area contributed by atoms with Crippen LogP contribution in [0.4, 0.5) is 17.1 Å². The Kier molecular flexibility index (Phi) is 10.4. The molecule has 0 amide bonds. The van der Waals surface area contributed by atoms with E-state index in [0.717, 1.165) is 22.6 Å². The SMILES string of the molecule is c1ccc(-c2ccc(-c3ccc(N(c4ccc(-c5cccc(-c6ccccc6)c5-c5ccccc5)cc4)c4cc(-c5ccccc5)cc(-c5ccccc5)c4)cc3)cc2)cc1. The summed E-state index contributed by atoms with van der Waals surface area (Å²) in [6.07, 6.45) is 0.